The molecule has 7 unspecified atom stereocenters. The topological polar surface area (TPSA) is 127 Å². The van der Waals surface area contributed by atoms with Crippen molar-refractivity contribution < 1.29 is 24.1 Å². The Hall–Kier alpha value is -4.08. The van der Waals surface area contributed by atoms with Crippen molar-refractivity contribution in [1.82, 2.24) is 24.5 Å². The van der Waals surface area contributed by atoms with Gasteiger partial charge in [0.05, 0.1) is 56.5 Å². The van der Waals surface area contributed by atoms with Crippen LogP contribution in [0.2, 0.25) is 0 Å². The Morgan fingerprint density at radius 3 is 2.74 bits per heavy atom. The molecule has 4 saturated heterocycles. The minimum Gasteiger partial charge on any atom is -0.492 e. The van der Waals surface area contributed by atoms with Gasteiger partial charge in [-0.15, -0.1) is 0 Å². The molecule has 46 heavy (non-hydrogen) atoms. The number of nitriles is 1. The van der Waals surface area contributed by atoms with E-state index in [1.165, 1.54) is 18.4 Å². The Morgan fingerprint density at radius 2 is 1.98 bits per heavy atom. The van der Waals surface area contributed by atoms with Crippen molar-refractivity contribution in [2.24, 2.45) is 11.8 Å². The van der Waals surface area contributed by atoms with Gasteiger partial charge >= 0.3 is 0 Å². The van der Waals surface area contributed by atoms with Gasteiger partial charge in [0.15, 0.2) is 0 Å². The SMILES string of the molecule is COc1ccc(CN2CC3CCC2CC3c2ccc(-c3cc(OCCC4COC5C(O)COC45)cn4ncc(C#N)c34)cn2)cn1. The Bertz CT molecular complexity index is 1740. The average Bonchev–Trinajstić information content (AvgIpc) is 3.81. The molecule has 5 aliphatic rings. The van der Waals surface area contributed by atoms with Crippen LogP contribution in [0, 0.1) is 23.2 Å². The Balaban J connectivity index is 0.971. The number of rotatable bonds is 9. The molecule has 1 saturated carbocycles. The van der Waals surface area contributed by atoms with Crippen LogP contribution in [0.1, 0.15) is 48.4 Å². The minimum atomic E-state index is -0.555. The van der Waals surface area contributed by atoms with E-state index in [9.17, 15) is 10.4 Å². The molecule has 2 bridgehead atoms. The summed E-state index contributed by atoms with van der Waals surface area (Å²) >= 11 is 0. The van der Waals surface area contributed by atoms with Gasteiger partial charge in [-0.1, -0.05) is 12.1 Å². The molecule has 11 nitrogen and oxygen atoms in total. The Labute approximate surface area is 267 Å². The van der Waals surface area contributed by atoms with Crippen LogP contribution in [0.25, 0.3) is 16.6 Å². The number of hydrogen-bond donors (Lipinski definition) is 1. The molecule has 0 spiro atoms. The molecule has 11 heteroatoms. The quantitative estimate of drug-likeness (QED) is 0.293. The molecule has 0 radical (unpaired) electrons. The third-order valence-corrected chi connectivity index (χ3v) is 10.4. The highest BCUT2D eigenvalue weighted by atomic mass is 16.6. The second kappa shape index (κ2) is 12.3. The van der Waals surface area contributed by atoms with Gasteiger partial charge in [0.2, 0.25) is 5.88 Å². The fraction of sp³-hybridized carbons (Fsp3) is 0.486. The van der Waals surface area contributed by atoms with E-state index in [1.807, 2.05) is 30.7 Å². The highest BCUT2D eigenvalue weighted by molar-refractivity contribution is 5.85. The summed E-state index contributed by atoms with van der Waals surface area (Å²) in [4.78, 5) is 12.0. The zero-order chi connectivity index (χ0) is 31.2. The van der Waals surface area contributed by atoms with Crippen LogP contribution >= 0.6 is 0 Å². The number of pyridine rings is 3. The van der Waals surface area contributed by atoms with Gasteiger partial charge < -0.3 is 24.1 Å². The number of nitrogens with zero attached hydrogens (tertiary/aromatic N) is 6. The lowest BCUT2D eigenvalue weighted by Gasteiger charge is -2.49. The lowest BCUT2D eigenvalue weighted by molar-refractivity contribution is 0.0163. The fourth-order valence-electron chi connectivity index (χ4n) is 8.02. The Morgan fingerprint density at radius 1 is 1.07 bits per heavy atom. The lowest BCUT2D eigenvalue weighted by Crippen LogP contribution is -2.50. The zero-order valence-corrected chi connectivity index (χ0v) is 25.9. The maximum Gasteiger partial charge on any atom is 0.212 e. The second-order valence-electron chi connectivity index (χ2n) is 13.1. The molecule has 1 N–H and O–H groups in total. The molecule has 9 rings (SSSR count). The Kier molecular flexibility index (Phi) is 7.82. The van der Waals surface area contributed by atoms with Gasteiger partial charge in [-0.05, 0) is 49.3 Å². The van der Waals surface area contributed by atoms with Crippen LogP contribution in [0.3, 0.4) is 0 Å². The standard InChI is InChI=1S/C35H38N6O5/c1-43-32-7-2-21(13-38-32)16-40-17-23-3-5-26(40)10-28(23)30-6-4-22(14-37-30)29-11-27(18-41-33(29)25(12-36)15-39-41)44-9-8-24-19-45-35-31(42)20-46-34(24)35/h2,4,6-7,11,13-15,18,23-24,26,28,31,34-35,42H,3,5,8-10,16-17,19-20H2,1H3. The number of fused-ring (bicyclic) bond motifs is 5. The number of aromatic nitrogens is 4. The van der Waals surface area contributed by atoms with E-state index in [4.69, 9.17) is 23.9 Å². The normalized spacial score (nSPS) is 28.8. The van der Waals surface area contributed by atoms with E-state index in [2.05, 4.69) is 39.3 Å². The van der Waals surface area contributed by atoms with E-state index in [-0.39, 0.29) is 18.1 Å². The van der Waals surface area contributed by atoms with Crippen molar-refractivity contribution in [3.8, 4) is 28.8 Å². The first-order valence-corrected chi connectivity index (χ1v) is 16.2. The predicted molar refractivity (Wildman–Crippen MR) is 167 cm³/mol. The maximum atomic E-state index is 10.0. The molecule has 238 valence electrons. The van der Waals surface area contributed by atoms with Crippen molar-refractivity contribution in [1.29, 1.82) is 5.26 Å². The van der Waals surface area contributed by atoms with Gasteiger partial charge in [0.1, 0.15) is 24.0 Å². The molecule has 0 amide bonds. The number of hydrogen-bond acceptors (Lipinski definition) is 10. The van der Waals surface area contributed by atoms with E-state index < -0.39 is 6.10 Å². The van der Waals surface area contributed by atoms with Crippen molar-refractivity contribution in [2.75, 3.05) is 33.5 Å². The van der Waals surface area contributed by atoms with Gasteiger partial charge in [0.25, 0.3) is 0 Å². The van der Waals surface area contributed by atoms with Crippen molar-refractivity contribution in [3.63, 3.8) is 0 Å². The van der Waals surface area contributed by atoms with E-state index in [0.717, 1.165) is 48.3 Å². The summed E-state index contributed by atoms with van der Waals surface area (Å²) in [5, 5.41) is 24.3. The number of piperidine rings is 2. The number of ether oxygens (including phenoxy) is 4. The van der Waals surface area contributed by atoms with Crippen molar-refractivity contribution in [2.45, 2.75) is 62.5 Å². The largest absolute Gasteiger partial charge is 0.492 e. The van der Waals surface area contributed by atoms with E-state index in [0.29, 0.717) is 54.9 Å². The minimum absolute atomic E-state index is 0.0845. The van der Waals surface area contributed by atoms with Crippen LogP contribution in [-0.2, 0) is 16.0 Å². The molecule has 5 fully saturated rings. The van der Waals surface area contributed by atoms with Crippen LogP contribution in [0.4, 0.5) is 0 Å². The number of aliphatic hydroxyl groups is 1. The zero-order valence-electron chi connectivity index (χ0n) is 25.9. The molecule has 4 aliphatic heterocycles. The highest BCUT2D eigenvalue weighted by Gasteiger charge is 2.46. The summed E-state index contributed by atoms with van der Waals surface area (Å²) in [7, 11) is 1.64. The number of aliphatic hydroxyl groups excluding tert-OH is 1. The van der Waals surface area contributed by atoms with Gasteiger partial charge in [-0.25, -0.2) is 9.50 Å². The molecule has 4 aromatic rings. The smallest absolute Gasteiger partial charge is 0.212 e. The van der Waals surface area contributed by atoms with Crippen molar-refractivity contribution >= 4 is 5.52 Å². The second-order valence-corrected chi connectivity index (χ2v) is 13.1. The molecule has 0 aromatic carbocycles. The van der Waals surface area contributed by atoms with Crippen LogP contribution in [0.5, 0.6) is 11.6 Å². The first-order valence-electron chi connectivity index (χ1n) is 16.2. The third-order valence-electron chi connectivity index (χ3n) is 10.4. The lowest BCUT2D eigenvalue weighted by atomic mass is 9.70. The van der Waals surface area contributed by atoms with Gasteiger partial charge in [0, 0.05) is 66.2 Å². The van der Waals surface area contributed by atoms with Gasteiger partial charge in [-0.2, -0.15) is 10.4 Å². The van der Waals surface area contributed by atoms with Gasteiger partial charge in [-0.3, -0.25) is 9.88 Å². The van der Waals surface area contributed by atoms with E-state index >= 15 is 0 Å². The maximum absolute atomic E-state index is 10.0. The monoisotopic (exact) mass is 622 g/mol. The van der Waals surface area contributed by atoms with E-state index in [1.54, 1.807) is 17.8 Å². The molecular formula is C35H38N6O5. The van der Waals surface area contributed by atoms with Crippen LogP contribution in [0.15, 0.2) is 55.1 Å². The first-order chi connectivity index (χ1) is 22.6. The third kappa shape index (κ3) is 5.39. The fourth-order valence-corrected chi connectivity index (χ4v) is 8.02. The summed E-state index contributed by atoms with van der Waals surface area (Å²) < 4.78 is 24.7. The first kappa shape index (κ1) is 29.3. The summed E-state index contributed by atoms with van der Waals surface area (Å²) in [5.74, 6) is 2.49. The molecule has 7 atom stereocenters. The summed E-state index contributed by atoms with van der Waals surface area (Å²) in [6.07, 6.45) is 10.7. The summed E-state index contributed by atoms with van der Waals surface area (Å²) in [6.45, 7) is 3.33. The van der Waals surface area contributed by atoms with Crippen LogP contribution in [-0.4, -0.2) is 87.4 Å². The highest BCUT2D eigenvalue weighted by Crippen LogP contribution is 2.45. The summed E-state index contributed by atoms with van der Waals surface area (Å²) in [5.41, 5.74) is 5.38. The van der Waals surface area contributed by atoms with Crippen LogP contribution < -0.4 is 9.47 Å². The average molecular weight is 623 g/mol. The molecule has 8 heterocycles. The molecular weight excluding hydrogens is 584 g/mol. The summed E-state index contributed by atoms with van der Waals surface area (Å²) in [6, 6.07) is 13.1. The predicted octanol–water partition coefficient (Wildman–Crippen LogP) is 3.98. The molecule has 1 aliphatic carbocycles. The molecule has 4 aromatic heterocycles. The van der Waals surface area contributed by atoms with Crippen molar-refractivity contribution in [3.05, 3.63) is 71.9 Å². The number of methoxy groups -OCH3 is 1.